The first kappa shape index (κ1) is 12.4. The van der Waals surface area contributed by atoms with Crippen LogP contribution in [0.2, 0.25) is 0 Å². The monoisotopic (exact) mass is 233 g/mol. The molecule has 1 saturated heterocycles. The van der Waals surface area contributed by atoms with Gasteiger partial charge >= 0.3 is 0 Å². The molecule has 0 saturated carbocycles. The van der Waals surface area contributed by atoms with E-state index in [0.717, 1.165) is 12.1 Å². The topological polar surface area (TPSA) is 23.5 Å². The van der Waals surface area contributed by atoms with Gasteiger partial charge in [0.2, 0.25) is 0 Å². The minimum atomic E-state index is -0.389. The van der Waals surface area contributed by atoms with Crippen LogP contribution in [-0.2, 0) is 0 Å². The average molecular weight is 233 g/mol. The van der Waals surface area contributed by atoms with Gasteiger partial charge in [-0.2, -0.15) is 0 Å². The fraction of sp³-hybridized carbons (Fsp3) is 0.600. The van der Waals surface area contributed by atoms with Crippen molar-refractivity contribution in [2.24, 2.45) is 5.92 Å². The maximum atomic E-state index is 9.86. The number of hydrogen-bond acceptors (Lipinski definition) is 2. The zero-order valence-electron chi connectivity index (χ0n) is 11.1. The summed E-state index contributed by atoms with van der Waals surface area (Å²) in [6.07, 6.45) is 2.14. The molecule has 17 heavy (non-hydrogen) atoms. The Balaban J connectivity index is 2.33. The van der Waals surface area contributed by atoms with Crippen LogP contribution in [0, 0.1) is 5.92 Å². The highest BCUT2D eigenvalue weighted by Gasteiger charge is 2.28. The molecule has 0 bridgehead atoms. The van der Waals surface area contributed by atoms with Crippen molar-refractivity contribution in [2.45, 2.75) is 45.8 Å². The van der Waals surface area contributed by atoms with Crippen molar-refractivity contribution in [1.82, 2.24) is 0 Å². The summed E-state index contributed by atoms with van der Waals surface area (Å²) in [4.78, 5) is 2.48. The van der Waals surface area contributed by atoms with Crippen molar-refractivity contribution >= 4 is 5.69 Å². The molecule has 0 radical (unpaired) electrons. The molecule has 2 atom stereocenters. The van der Waals surface area contributed by atoms with Crippen molar-refractivity contribution in [1.29, 1.82) is 0 Å². The lowest BCUT2D eigenvalue weighted by molar-refractivity contribution is 0.199. The minimum Gasteiger partial charge on any atom is -0.389 e. The molecular formula is C15H23NO. The number of para-hydroxylation sites is 1. The highest BCUT2D eigenvalue weighted by molar-refractivity contribution is 5.56. The van der Waals surface area contributed by atoms with E-state index in [0.29, 0.717) is 12.0 Å². The number of rotatable bonds is 3. The van der Waals surface area contributed by atoms with E-state index in [1.807, 2.05) is 19.1 Å². The average Bonchev–Trinajstić information content (AvgIpc) is 2.77. The van der Waals surface area contributed by atoms with E-state index in [1.54, 1.807) is 0 Å². The molecule has 1 aromatic carbocycles. The van der Waals surface area contributed by atoms with Gasteiger partial charge in [-0.3, -0.25) is 0 Å². The van der Waals surface area contributed by atoms with Gasteiger partial charge in [0, 0.05) is 23.8 Å². The van der Waals surface area contributed by atoms with E-state index in [1.165, 1.54) is 18.5 Å². The Hall–Kier alpha value is -1.02. The second kappa shape index (κ2) is 5.09. The number of aliphatic hydroxyl groups is 1. The fourth-order valence-electron chi connectivity index (χ4n) is 2.89. The summed E-state index contributed by atoms with van der Waals surface area (Å²) in [5.41, 5.74) is 2.28. The van der Waals surface area contributed by atoms with Crippen molar-refractivity contribution < 1.29 is 5.11 Å². The third-order valence-electron chi connectivity index (χ3n) is 3.77. The van der Waals surface area contributed by atoms with Crippen LogP contribution in [0.15, 0.2) is 24.3 Å². The standard InChI is InChI=1S/C15H23NO/c1-11(2)14-9-6-10-16(14)15-8-5-4-7-13(15)12(3)17/h4-5,7-8,11-12,14,17H,6,9-10H2,1-3H3/t12-,14?/m0/s1. The Kier molecular flexibility index (Phi) is 3.72. The molecule has 1 heterocycles. The molecule has 2 heteroatoms. The van der Waals surface area contributed by atoms with Crippen LogP contribution in [0.25, 0.3) is 0 Å². The maximum Gasteiger partial charge on any atom is 0.0781 e. The quantitative estimate of drug-likeness (QED) is 0.865. The Labute approximate surface area is 104 Å². The molecule has 0 spiro atoms. The zero-order chi connectivity index (χ0) is 12.4. The van der Waals surface area contributed by atoms with E-state index in [-0.39, 0.29) is 6.10 Å². The van der Waals surface area contributed by atoms with Crippen LogP contribution in [0.3, 0.4) is 0 Å². The molecule has 2 nitrogen and oxygen atoms in total. The number of aliphatic hydroxyl groups excluding tert-OH is 1. The molecule has 2 rings (SSSR count). The molecule has 0 amide bonds. The first-order valence-electron chi connectivity index (χ1n) is 6.65. The second-order valence-electron chi connectivity index (χ2n) is 5.38. The van der Waals surface area contributed by atoms with Gasteiger partial charge in [-0.05, 0) is 31.7 Å². The molecule has 1 N–H and O–H groups in total. The number of anilines is 1. The van der Waals surface area contributed by atoms with Gasteiger partial charge in [0.25, 0.3) is 0 Å². The lowest BCUT2D eigenvalue weighted by Crippen LogP contribution is -2.34. The number of benzene rings is 1. The largest absolute Gasteiger partial charge is 0.389 e. The highest BCUT2D eigenvalue weighted by Crippen LogP contribution is 2.34. The predicted octanol–water partition coefficient (Wildman–Crippen LogP) is 3.36. The fourth-order valence-corrected chi connectivity index (χ4v) is 2.89. The van der Waals surface area contributed by atoms with Crippen molar-refractivity contribution in [2.75, 3.05) is 11.4 Å². The first-order valence-corrected chi connectivity index (χ1v) is 6.65. The minimum absolute atomic E-state index is 0.389. The molecule has 1 aliphatic rings. The molecular weight excluding hydrogens is 210 g/mol. The van der Waals surface area contributed by atoms with Crippen LogP contribution in [0.4, 0.5) is 5.69 Å². The molecule has 1 aliphatic heterocycles. The highest BCUT2D eigenvalue weighted by atomic mass is 16.3. The summed E-state index contributed by atoms with van der Waals surface area (Å²) in [6, 6.07) is 8.87. The third kappa shape index (κ3) is 2.47. The third-order valence-corrected chi connectivity index (χ3v) is 3.77. The van der Waals surface area contributed by atoms with E-state index >= 15 is 0 Å². The summed E-state index contributed by atoms with van der Waals surface area (Å²) in [5.74, 6) is 0.666. The molecule has 0 aromatic heterocycles. The van der Waals surface area contributed by atoms with Gasteiger partial charge in [-0.15, -0.1) is 0 Å². The summed E-state index contributed by atoms with van der Waals surface area (Å²) in [7, 11) is 0. The van der Waals surface area contributed by atoms with E-state index < -0.39 is 0 Å². The SMILES string of the molecule is CC(C)C1CCCN1c1ccccc1[C@H](C)O. The van der Waals surface area contributed by atoms with Gasteiger partial charge in [0.1, 0.15) is 0 Å². The zero-order valence-corrected chi connectivity index (χ0v) is 11.1. The smallest absolute Gasteiger partial charge is 0.0781 e. The Morgan fingerprint density at radius 2 is 1.94 bits per heavy atom. The maximum absolute atomic E-state index is 9.86. The molecule has 1 fully saturated rings. The Bertz CT molecular complexity index is 373. The van der Waals surface area contributed by atoms with E-state index in [4.69, 9.17) is 0 Å². The van der Waals surface area contributed by atoms with Gasteiger partial charge in [0.05, 0.1) is 6.10 Å². The van der Waals surface area contributed by atoms with Gasteiger partial charge in [0.15, 0.2) is 0 Å². The molecule has 0 aliphatic carbocycles. The lowest BCUT2D eigenvalue weighted by Gasteiger charge is -2.32. The molecule has 94 valence electrons. The van der Waals surface area contributed by atoms with Crippen LogP contribution in [-0.4, -0.2) is 17.7 Å². The van der Waals surface area contributed by atoms with Gasteiger partial charge < -0.3 is 10.0 Å². The van der Waals surface area contributed by atoms with E-state index in [2.05, 4.69) is 30.9 Å². The normalized spacial score (nSPS) is 22.2. The summed E-state index contributed by atoms with van der Waals surface area (Å²) >= 11 is 0. The van der Waals surface area contributed by atoms with Crippen molar-refractivity contribution in [3.05, 3.63) is 29.8 Å². The van der Waals surface area contributed by atoms with Crippen LogP contribution in [0.1, 0.15) is 45.3 Å². The summed E-state index contributed by atoms with van der Waals surface area (Å²) in [6.45, 7) is 7.54. The first-order chi connectivity index (χ1) is 8.11. The van der Waals surface area contributed by atoms with Gasteiger partial charge in [-0.1, -0.05) is 32.0 Å². The van der Waals surface area contributed by atoms with E-state index in [9.17, 15) is 5.11 Å². The predicted molar refractivity (Wildman–Crippen MR) is 72.3 cm³/mol. The van der Waals surface area contributed by atoms with Crippen molar-refractivity contribution in [3.8, 4) is 0 Å². The summed E-state index contributed by atoms with van der Waals surface area (Å²) in [5, 5.41) is 9.86. The molecule has 1 aromatic rings. The van der Waals surface area contributed by atoms with Crippen LogP contribution in [0.5, 0.6) is 0 Å². The van der Waals surface area contributed by atoms with Crippen LogP contribution < -0.4 is 4.90 Å². The van der Waals surface area contributed by atoms with Crippen LogP contribution >= 0.6 is 0 Å². The number of hydrogen-bond donors (Lipinski definition) is 1. The number of nitrogens with zero attached hydrogens (tertiary/aromatic N) is 1. The lowest BCUT2D eigenvalue weighted by atomic mass is 10.00. The molecule has 1 unspecified atom stereocenters. The Morgan fingerprint density at radius 1 is 1.24 bits per heavy atom. The van der Waals surface area contributed by atoms with Gasteiger partial charge in [-0.25, -0.2) is 0 Å². The van der Waals surface area contributed by atoms with Crippen molar-refractivity contribution in [3.63, 3.8) is 0 Å². The second-order valence-corrected chi connectivity index (χ2v) is 5.38. The summed E-state index contributed by atoms with van der Waals surface area (Å²) < 4.78 is 0. The Morgan fingerprint density at radius 3 is 2.59 bits per heavy atom.